The summed E-state index contributed by atoms with van der Waals surface area (Å²) >= 11 is 0. The van der Waals surface area contributed by atoms with Crippen LogP contribution < -0.4 is 0 Å². The standard InChI is InChI=1S/C65H132N4O6S2/c1-6-10-14-18-22-26-30-34-40-61(70)56-68(57-62(71)41-35-31-27-23-19-15-11-7-2)46-39-38-44-65(74)75-53-51-66-47-49-67(50-48-66)52-55-77-76-54-45-60(5)69(58-63(72)42-36-32-28-24-20-16-12-8-3)59-64(73)43-37-33-29-25-21-17-13-9-4/h60-64,70-73H,6-59H2,1-5H3. The lowest BCUT2D eigenvalue weighted by molar-refractivity contribution is -0.144. The van der Waals surface area contributed by atoms with Gasteiger partial charge in [0.15, 0.2) is 0 Å². The Balaban J connectivity index is 2.38. The van der Waals surface area contributed by atoms with Gasteiger partial charge in [0, 0.05) is 89.4 Å². The van der Waals surface area contributed by atoms with E-state index in [4.69, 9.17) is 4.74 Å². The van der Waals surface area contributed by atoms with E-state index in [1.165, 1.54) is 180 Å². The number of carbonyl (C=O) groups excluding carboxylic acids is 1. The lowest BCUT2D eigenvalue weighted by atomic mass is 10.0. The van der Waals surface area contributed by atoms with Crippen molar-refractivity contribution < 1.29 is 30.0 Å². The summed E-state index contributed by atoms with van der Waals surface area (Å²) < 4.78 is 5.71. The number of aliphatic hydroxyl groups is 4. The molecule has 10 nitrogen and oxygen atoms in total. The van der Waals surface area contributed by atoms with Gasteiger partial charge in [0.1, 0.15) is 6.61 Å². The first-order chi connectivity index (χ1) is 37.6. The number of esters is 1. The van der Waals surface area contributed by atoms with Gasteiger partial charge in [0.05, 0.1) is 24.4 Å². The molecule has 1 rings (SSSR count). The molecular formula is C65H132N4O6S2. The van der Waals surface area contributed by atoms with E-state index >= 15 is 0 Å². The Morgan fingerprint density at radius 3 is 1.16 bits per heavy atom. The highest BCUT2D eigenvalue weighted by Crippen LogP contribution is 2.25. The molecule has 5 unspecified atom stereocenters. The fraction of sp³-hybridized carbons (Fsp3) is 0.985. The molecule has 1 saturated heterocycles. The predicted octanol–water partition coefficient (Wildman–Crippen LogP) is 15.6. The summed E-state index contributed by atoms with van der Waals surface area (Å²) in [6.45, 7) is 21.1. The van der Waals surface area contributed by atoms with E-state index in [2.05, 4.69) is 54.2 Å². The molecular weight excluding hydrogens is 997 g/mol. The summed E-state index contributed by atoms with van der Waals surface area (Å²) in [5.74, 6) is 2.06. The van der Waals surface area contributed by atoms with Crippen molar-refractivity contribution in [3.63, 3.8) is 0 Å². The molecule has 12 heteroatoms. The van der Waals surface area contributed by atoms with Gasteiger partial charge in [-0.2, -0.15) is 0 Å². The first kappa shape index (κ1) is 74.9. The Bertz CT molecular complexity index is 1170. The van der Waals surface area contributed by atoms with E-state index in [-0.39, 0.29) is 30.4 Å². The zero-order valence-corrected chi connectivity index (χ0v) is 53.4. The van der Waals surface area contributed by atoms with Gasteiger partial charge < -0.3 is 25.2 Å². The van der Waals surface area contributed by atoms with Crippen molar-refractivity contribution in [3.8, 4) is 0 Å². The topological polar surface area (TPSA) is 120 Å². The van der Waals surface area contributed by atoms with Gasteiger partial charge in [-0.15, -0.1) is 0 Å². The molecule has 0 aromatic rings. The quantitative estimate of drug-likeness (QED) is 0.0264. The van der Waals surface area contributed by atoms with Crippen molar-refractivity contribution >= 4 is 27.6 Å². The molecule has 460 valence electrons. The fourth-order valence-corrected chi connectivity index (χ4v) is 13.4. The fourth-order valence-electron chi connectivity index (χ4n) is 11.1. The van der Waals surface area contributed by atoms with Crippen molar-refractivity contribution in [3.05, 3.63) is 0 Å². The summed E-state index contributed by atoms with van der Waals surface area (Å²) in [6.07, 6.45) is 45.7. The number of rotatable bonds is 60. The molecule has 0 aromatic carbocycles. The molecule has 0 aromatic heterocycles. The van der Waals surface area contributed by atoms with E-state index in [9.17, 15) is 25.2 Å². The Morgan fingerprint density at radius 2 is 0.766 bits per heavy atom. The monoisotopic (exact) mass is 1130 g/mol. The summed E-state index contributed by atoms with van der Waals surface area (Å²) in [4.78, 5) is 22.4. The van der Waals surface area contributed by atoms with Gasteiger partial charge in [-0.25, -0.2) is 0 Å². The normalized spacial score (nSPS) is 15.7. The maximum atomic E-state index is 12.8. The number of nitrogens with zero attached hydrogens (tertiary/aromatic N) is 4. The first-order valence-electron chi connectivity index (χ1n) is 33.6. The second-order valence-corrected chi connectivity index (χ2v) is 26.7. The average Bonchev–Trinajstić information content (AvgIpc) is 3.41. The summed E-state index contributed by atoms with van der Waals surface area (Å²) in [5.41, 5.74) is 0. The lowest BCUT2D eigenvalue weighted by Gasteiger charge is -2.34. The average molecular weight is 1130 g/mol. The van der Waals surface area contributed by atoms with E-state index in [1.807, 2.05) is 21.6 Å². The second-order valence-electron chi connectivity index (χ2n) is 24.0. The van der Waals surface area contributed by atoms with Gasteiger partial charge in [0.25, 0.3) is 0 Å². The van der Waals surface area contributed by atoms with Crippen LogP contribution in [0.5, 0.6) is 0 Å². The molecule has 1 heterocycles. The highest BCUT2D eigenvalue weighted by atomic mass is 33.1. The Morgan fingerprint density at radius 1 is 0.429 bits per heavy atom. The number of unbranched alkanes of at least 4 members (excludes halogenated alkanes) is 29. The molecule has 1 aliphatic heterocycles. The zero-order valence-electron chi connectivity index (χ0n) is 51.8. The predicted molar refractivity (Wildman–Crippen MR) is 338 cm³/mol. The molecule has 0 saturated carbocycles. The van der Waals surface area contributed by atoms with Crippen molar-refractivity contribution in [1.82, 2.24) is 19.6 Å². The van der Waals surface area contributed by atoms with Crippen LogP contribution in [0, 0.1) is 0 Å². The number of hydrogen-bond acceptors (Lipinski definition) is 12. The highest BCUT2D eigenvalue weighted by Gasteiger charge is 2.22. The first-order valence-corrected chi connectivity index (χ1v) is 36.1. The van der Waals surface area contributed by atoms with Crippen molar-refractivity contribution in [2.24, 2.45) is 0 Å². The lowest BCUT2D eigenvalue weighted by Crippen LogP contribution is -2.47. The van der Waals surface area contributed by atoms with E-state index in [0.717, 1.165) is 128 Å². The van der Waals surface area contributed by atoms with Crippen molar-refractivity contribution in [2.75, 3.05) is 90.1 Å². The van der Waals surface area contributed by atoms with Gasteiger partial charge in [-0.3, -0.25) is 24.4 Å². The smallest absolute Gasteiger partial charge is 0.305 e. The maximum absolute atomic E-state index is 12.8. The Kier molecular flexibility index (Phi) is 54.8. The minimum Gasteiger partial charge on any atom is -0.464 e. The van der Waals surface area contributed by atoms with Gasteiger partial charge >= 0.3 is 5.97 Å². The Labute approximate surface area is 486 Å². The van der Waals surface area contributed by atoms with Crippen LogP contribution in [0.3, 0.4) is 0 Å². The molecule has 0 radical (unpaired) electrons. The summed E-state index contributed by atoms with van der Waals surface area (Å²) in [7, 11) is 3.95. The van der Waals surface area contributed by atoms with E-state index < -0.39 is 0 Å². The molecule has 5 atom stereocenters. The maximum Gasteiger partial charge on any atom is 0.305 e. The number of hydrogen-bond donors (Lipinski definition) is 4. The highest BCUT2D eigenvalue weighted by molar-refractivity contribution is 8.76. The number of aliphatic hydroxyl groups excluding tert-OH is 4. The minimum atomic E-state index is -0.376. The molecule has 77 heavy (non-hydrogen) atoms. The summed E-state index contributed by atoms with van der Waals surface area (Å²) in [5, 5.41) is 44.3. The molecule has 0 aliphatic carbocycles. The van der Waals surface area contributed by atoms with Gasteiger partial charge in [-0.1, -0.05) is 255 Å². The second kappa shape index (κ2) is 56.3. The van der Waals surface area contributed by atoms with E-state index in [0.29, 0.717) is 45.2 Å². The largest absolute Gasteiger partial charge is 0.464 e. The SMILES string of the molecule is CCCCCCCCCCC(O)CN(CCCCC(=O)OCCN1CCN(CCSSCCC(C)N(CC(O)CCCCCCCCCC)CC(O)CCCCCCCCCC)CC1)CC(O)CCCCCCCCCC. The number of ether oxygens (including phenoxy) is 1. The molecule has 0 spiro atoms. The van der Waals surface area contributed by atoms with Crippen LogP contribution in [0.4, 0.5) is 0 Å². The zero-order chi connectivity index (χ0) is 56.1. The third kappa shape index (κ3) is 49.0. The molecule has 1 fully saturated rings. The number of carbonyl (C=O) groups is 1. The third-order valence-corrected chi connectivity index (χ3v) is 18.9. The van der Waals surface area contributed by atoms with Crippen LogP contribution in [0.2, 0.25) is 0 Å². The van der Waals surface area contributed by atoms with Crippen LogP contribution in [-0.4, -0.2) is 167 Å². The molecule has 0 amide bonds. The Hall–Kier alpha value is -0.150. The number of piperazine rings is 1. The minimum absolute atomic E-state index is 0.116. The van der Waals surface area contributed by atoms with Crippen LogP contribution in [0.25, 0.3) is 0 Å². The van der Waals surface area contributed by atoms with Gasteiger partial charge in [-0.05, 0) is 58.4 Å². The molecule has 4 N–H and O–H groups in total. The van der Waals surface area contributed by atoms with Crippen molar-refractivity contribution in [2.45, 2.75) is 322 Å². The van der Waals surface area contributed by atoms with Crippen LogP contribution in [-0.2, 0) is 9.53 Å². The van der Waals surface area contributed by atoms with Crippen LogP contribution >= 0.6 is 21.6 Å². The van der Waals surface area contributed by atoms with Crippen LogP contribution in [0.1, 0.15) is 291 Å². The third-order valence-electron chi connectivity index (χ3n) is 16.4. The summed E-state index contributed by atoms with van der Waals surface area (Å²) in [6, 6.07) is 0.326. The van der Waals surface area contributed by atoms with Crippen LogP contribution in [0.15, 0.2) is 0 Å². The van der Waals surface area contributed by atoms with E-state index in [1.54, 1.807) is 0 Å². The molecule has 0 bridgehead atoms. The van der Waals surface area contributed by atoms with Crippen molar-refractivity contribution in [1.29, 1.82) is 0 Å². The molecule has 1 aliphatic rings. The van der Waals surface area contributed by atoms with Gasteiger partial charge in [0.2, 0.25) is 0 Å².